The summed E-state index contributed by atoms with van der Waals surface area (Å²) in [6, 6.07) is 6.07. The second-order valence-electron chi connectivity index (χ2n) is 3.98. The van der Waals surface area contributed by atoms with Crippen LogP contribution in [-0.2, 0) is 13.5 Å². The third kappa shape index (κ3) is 2.11. The third-order valence-electron chi connectivity index (χ3n) is 2.87. The lowest BCUT2D eigenvalue weighted by atomic mass is 10.1. The Kier molecular flexibility index (Phi) is 3.04. The maximum atomic E-state index is 5.73. The van der Waals surface area contributed by atoms with Gasteiger partial charge in [0, 0.05) is 18.8 Å². The van der Waals surface area contributed by atoms with Crippen molar-refractivity contribution in [3.63, 3.8) is 0 Å². The van der Waals surface area contributed by atoms with Crippen LogP contribution in [0.25, 0.3) is 11.3 Å². The van der Waals surface area contributed by atoms with Gasteiger partial charge in [-0.25, -0.2) is 4.98 Å². The smallest absolute Gasteiger partial charge is 0.200 e. The fourth-order valence-corrected chi connectivity index (χ4v) is 1.83. The number of aryl methyl sites for hydroxylation is 2. The topological polar surface area (TPSA) is 53.1 Å². The lowest BCUT2D eigenvalue weighted by molar-refractivity contribution is 0.410. The van der Waals surface area contributed by atoms with Crippen LogP contribution in [0.5, 0.6) is 5.75 Å². The van der Waals surface area contributed by atoms with Crippen LogP contribution in [0.4, 0.5) is 5.95 Å². The molecule has 1 aromatic carbocycles. The Morgan fingerprint density at radius 1 is 1.41 bits per heavy atom. The molecule has 90 valence electrons. The van der Waals surface area contributed by atoms with Crippen molar-refractivity contribution in [2.75, 3.05) is 12.8 Å². The minimum Gasteiger partial charge on any atom is -0.496 e. The molecule has 2 rings (SSSR count). The summed E-state index contributed by atoms with van der Waals surface area (Å²) in [5, 5.41) is 0. The van der Waals surface area contributed by atoms with E-state index in [0.717, 1.165) is 23.4 Å². The lowest BCUT2D eigenvalue weighted by Gasteiger charge is -2.07. The van der Waals surface area contributed by atoms with Gasteiger partial charge in [0.25, 0.3) is 0 Å². The van der Waals surface area contributed by atoms with E-state index in [2.05, 4.69) is 18.0 Å². The van der Waals surface area contributed by atoms with Gasteiger partial charge < -0.3 is 15.0 Å². The monoisotopic (exact) mass is 231 g/mol. The number of hydrogen-bond donors (Lipinski definition) is 1. The van der Waals surface area contributed by atoms with Crippen LogP contribution < -0.4 is 10.5 Å². The molecule has 17 heavy (non-hydrogen) atoms. The molecule has 1 heterocycles. The van der Waals surface area contributed by atoms with E-state index in [1.165, 1.54) is 5.56 Å². The lowest BCUT2D eigenvalue weighted by Crippen LogP contribution is -1.94. The van der Waals surface area contributed by atoms with Crippen molar-refractivity contribution < 1.29 is 4.74 Å². The summed E-state index contributed by atoms with van der Waals surface area (Å²) < 4.78 is 7.12. The fourth-order valence-electron chi connectivity index (χ4n) is 1.83. The van der Waals surface area contributed by atoms with Crippen LogP contribution in [0.1, 0.15) is 12.5 Å². The molecule has 0 aliphatic rings. The van der Waals surface area contributed by atoms with Crippen molar-refractivity contribution in [2.24, 2.45) is 7.05 Å². The molecule has 2 aromatic rings. The number of benzene rings is 1. The molecule has 4 heteroatoms. The highest BCUT2D eigenvalue weighted by molar-refractivity contribution is 5.63. The molecule has 0 saturated heterocycles. The highest BCUT2D eigenvalue weighted by Crippen LogP contribution is 2.26. The largest absolute Gasteiger partial charge is 0.496 e. The van der Waals surface area contributed by atoms with Crippen molar-refractivity contribution in [3.05, 3.63) is 30.0 Å². The van der Waals surface area contributed by atoms with Gasteiger partial charge in [-0.15, -0.1) is 0 Å². The predicted octanol–water partition coefficient (Wildman–Crippen LogP) is 2.24. The average molecular weight is 231 g/mol. The SMILES string of the molecule is CCc1cc(-c2cn(C)c(N)n2)ccc1OC. The summed E-state index contributed by atoms with van der Waals surface area (Å²) in [6.07, 6.45) is 2.86. The molecule has 0 aliphatic carbocycles. The van der Waals surface area contributed by atoms with Gasteiger partial charge in [-0.2, -0.15) is 0 Å². The Labute approximate surface area is 101 Å². The molecule has 0 unspecified atom stereocenters. The zero-order valence-corrected chi connectivity index (χ0v) is 10.4. The van der Waals surface area contributed by atoms with Crippen molar-refractivity contribution in [1.29, 1.82) is 0 Å². The molecule has 4 nitrogen and oxygen atoms in total. The maximum absolute atomic E-state index is 5.73. The first kappa shape index (κ1) is 11.5. The number of nitrogens with two attached hydrogens (primary N) is 1. The summed E-state index contributed by atoms with van der Waals surface area (Å²) in [4.78, 5) is 4.31. The molecule has 0 aliphatic heterocycles. The Morgan fingerprint density at radius 3 is 2.71 bits per heavy atom. The van der Waals surface area contributed by atoms with E-state index in [9.17, 15) is 0 Å². The molecule has 0 saturated carbocycles. The highest BCUT2D eigenvalue weighted by atomic mass is 16.5. The van der Waals surface area contributed by atoms with E-state index in [-0.39, 0.29) is 0 Å². The normalized spacial score (nSPS) is 10.5. The highest BCUT2D eigenvalue weighted by Gasteiger charge is 2.08. The van der Waals surface area contributed by atoms with Crippen molar-refractivity contribution >= 4 is 5.95 Å². The van der Waals surface area contributed by atoms with Gasteiger partial charge in [-0.05, 0) is 30.2 Å². The molecule has 1 aromatic heterocycles. The number of rotatable bonds is 3. The van der Waals surface area contributed by atoms with Gasteiger partial charge in [0.05, 0.1) is 12.8 Å². The van der Waals surface area contributed by atoms with Crippen LogP contribution in [-0.4, -0.2) is 16.7 Å². The van der Waals surface area contributed by atoms with Gasteiger partial charge in [-0.1, -0.05) is 6.92 Å². The van der Waals surface area contributed by atoms with Crippen LogP contribution >= 0.6 is 0 Å². The predicted molar refractivity (Wildman–Crippen MR) is 69.0 cm³/mol. The fraction of sp³-hybridized carbons (Fsp3) is 0.308. The number of ether oxygens (including phenoxy) is 1. The number of aromatic nitrogens is 2. The van der Waals surface area contributed by atoms with E-state index in [1.54, 1.807) is 7.11 Å². The third-order valence-corrected chi connectivity index (χ3v) is 2.87. The van der Waals surface area contributed by atoms with E-state index < -0.39 is 0 Å². The second kappa shape index (κ2) is 4.49. The molecular formula is C13H17N3O. The number of nitrogens with zero attached hydrogens (tertiary/aromatic N) is 2. The average Bonchev–Trinajstić information content (AvgIpc) is 2.68. The van der Waals surface area contributed by atoms with Gasteiger partial charge in [0.1, 0.15) is 5.75 Å². The molecule has 0 amide bonds. The summed E-state index contributed by atoms with van der Waals surface area (Å²) in [6.45, 7) is 2.11. The molecular weight excluding hydrogens is 214 g/mol. The molecule has 0 spiro atoms. The van der Waals surface area contributed by atoms with E-state index in [4.69, 9.17) is 10.5 Å². The first-order valence-corrected chi connectivity index (χ1v) is 5.61. The Hall–Kier alpha value is -1.97. The van der Waals surface area contributed by atoms with Gasteiger partial charge in [-0.3, -0.25) is 0 Å². The molecule has 0 fully saturated rings. The zero-order valence-electron chi connectivity index (χ0n) is 10.4. The van der Waals surface area contributed by atoms with Crippen molar-refractivity contribution in [1.82, 2.24) is 9.55 Å². The minimum atomic E-state index is 0.522. The minimum absolute atomic E-state index is 0.522. The Balaban J connectivity index is 2.46. The van der Waals surface area contributed by atoms with Gasteiger partial charge in [0.15, 0.2) is 5.95 Å². The van der Waals surface area contributed by atoms with Gasteiger partial charge in [0.2, 0.25) is 0 Å². The summed E-state index contributed by atoms with van der Waals surface area (Å²) in [5.41, 5.74) is 8.86. The van der Waals surface area contributed by atoms with E-state index in [1.807, 2.05) is 29.9 Å². The number of nitrogen functional groups attached to an aromatic ring is 1. The number of hydrogen-bond acceptors (Lipinski definition) is 3. The quantitative estimate of drug-likeness (QED) is 0.881. The Morgan fingerprint density at radius 2 is 2.18 bits per heavy atom. The van der Waals surface area contributed by atoms with E-state index >= 15 is 0 Å². The standard InChI is InChI=1S/C13H17N3O/c1-4-9-7-10(5-6-12(9)17-3)11-8-16(2)13(14)15-11/h5-8H,4H2,1-3H3,(H2,14,15). The Bertz CT molecular complexity index is 512. The second-order valence-corrected chi connectivity index (χ2v) is 3.98. The number of imidazole rings is 1. The van der Waals surface area contributed by atoms with Crippen LogP contribution in [0.15, 0.2) is 24.4 Å². The molecule has 2 N–H and O–H groups in total. The van der Waals surface area contributed by atoms with Crippen LogP contribution in [0.2, 0.25) is 0 Å². The molecule has 0 atom stereocenters. The van der Waals surface area contributed by atoms with Crippen molar-refractivity contribution in [2.45, 2.75) is 13.3 Å². The number of anilines is 1. The zero-order chi connectivity index (χ0) is 12.4. The maximum Gasteiger partial charge on any atom is 0.200 e. The first-order chi connectivity index (χ1) is 8.15. The first-order valence-electron chi connectivity index (χ1n) is 5.61. The van der Waals surface area contributed by atoms with Gasteiger partial charge >= 0.3 is 0 Å². The summed E-state index contributed by atoms with van der Waals surface area (Å²) in [5.74, 6) is 1.44. The summed E-state index contributed by atoms with van der Waals surface area (Å²) >= 11 is 0. The van der Waals surface area contributed by atoms with Crippen LogP contribution in [0, 0.1) is 0 Å². The summed E-state index contributed by atoms with van der Waals surface area (Å²) in [7, 11) is 3.57. The molecule has 0 bridgehead atoms. The molecule has 0 radical (unpaired) electrons. The van der Waals surface area contributed by atoms with Crippen LogP contribution in [0.3, 0.4) is 0 Å². The van der Waals surface area contributed by atoms with E-state index in [0.29, 0.717) is 5.95 Å². The number of methoxy groups -OCH3 is 1. The van der Waals surface area contributed by atoms with Crippen molar-refractivity contribution in [3.8, 4) is 17.0 Å².